The summed E-state index contributed by atoms with van der Waals surface area (Å²) in [5.41, 5.74) is 0. The summed E-state index contributed by atoms with van der Waals surface area (Å²) in [7, 11) is 0. The predicted molar refractivity (Wildman–Crippen MR) is 148 cm³/mol. The molecule has 1 aliphatic rings. The maximum atomic E-state index is 12.6. The van der Waals surface area contributed by atoms with Crippen molar-refractivity contribution >= 4 is 17.9 Å². The summed E-state index contributed by atoms with van der Waals surface area (Å²) in [6.07, 6.45) is 16.9. The van der Waals surface area contributed by atoms with Crippen molar-refractivity contribution in [2.75, 3.05) is 13.2 Å². The first-order valence-corrected chi connectivity index (χ1v) is 15.3. The zero-order valence-electron chi connectivity index (χ0n) is 24.3. The van der Waals surface area contributed by atoms with Crippen LogP contribution in [0.4, 0.5) is 0 Å². The third-order valence-electron chi connectivity index (χ3n) is 7.56. The molecule has 6 heteroatoms. The lowest BCUT2D eigenvalue weighted by Gasteiger charge is -2.30. The second-order valence-corrected chi connectivity index (χ2v) is 12.1. The number of hydrogen-bond acceptors (Lipinski definition) is 5. The van der Waals surface area contributed by atoms with Crippen LogP contribution in [0.25, 0.3) is 0 Å². The molecule has 0 saturated heterocycles. The Labute approximate surface area is 226 Å². The topological polar surface area (TPSA) is 89.9 Å². The molecule has 6 nitrogen and oxygen atoms in total. The van der Waals surface area contributed by atoms with E-state index in [-0.39, 0.29) is 24.8 Å². The SMILES string of the molecule is CC(C)CCCCCCCCOC(=O)C1CC(C(=O)O)CC(C(=O)OCCCCCCCCC(C)C)C1. The second kappa shape index (κ2) is 20.4. The molecule has 0 heterocycles. The second-order valence-electron chi connectivity index (χ2n) is 12.1. The van der Waals surface area contributed by atoms with Gasteiger partial charge in [0, 0.05) is 0 Å². The first-order chi connectivity index (χ1) is 17.7. The van der Waals surface area contributed by atoms with Crippen LogP contribution in [-0.4, -0.2) is 36.2 Å². The summed E-state index contributed by atoms with van der Waals surface area (Å²) in [5.74, 6) is -1.95. The summed E-state index contributed by atoms with van der Waals surface area (Å²) in [4.78, 5) is 37.0. The average molecular weight is 525 g/mol. The van der Waals surface area contributed by atoms with E-state index in [1.165, 1.54) is 51.4 Å². The first kappa shape index (κ1) is 33.4. The van der Waals surface area contributed by atoms with Crippen LogP contribution in [-0.2, 0) is 23.9 Å². The van der Waals surface area contributed by atoms with Gasteiger partial charge in [0.15, 0.2) is 0 Å². The molecular weight excluding hydrogens is 468 g/mol. The highest BCUT2D eigenvalue weighted by molar-refractivity contribution is 5.79. The van der Waals surface area contributed by atoms with Crippen LogP contribution in [0.5, 0.6) is 0 Å². The minimum absolute atomic E-state index is 0.241. The molecule has 1 aliphatic carbocycles. The lowest BCUT2D eigenvalue weighted by atomic mass is 9.75. The van der Waals surface area contributed by atoms with Crippen molar-refractivity contribution in [1.82, 2.24) is 0 Å². The number of carbonyl (C=O) groups excluding carboxylic acids is 2. The highest BCUT2D eigenvalue weighted by atomic mass is 16.5. The van der Waals surface area contributed by atoms with Gasteiger partial charge in [0.1, 0.15) is 0 Å². The molecule has 2 unspecified atom stereocenters. The van der Waals surface area contributed by atoms with Crippen LogP contribution in [0.2, 0.25) is 0 Å². The maximum Gasteiger partial charge on any atom is 0.308 e. The van der Waals surface area contributed by atoms with Gasteiger partial charge in [-0.1, -0.05) is 105 Å². The monoisotopic (exact) mass is 524 g/mol. The minimum Gasteiger partial charge on any atom is -0.481 e. The molecule has 1 rings (SSSR count). The normalized spacial score (nSPS) is 19.8. The van der Waals surface area contributed by atoms with Gasteiger partial charge in [0.25, 0.3) is 0 Å². The molecule has 0 aromatic heterocycles. The van der Waals surface area contributed by atoms with E-state index in [0.29, 0.717) is 19.6 Å². The summed E-state index contributed by atoms with van der Waals surface area (Å²) in [6, 6.07) is 0. The van der Waals surface area contributed by atoms with Crippen molar-refractivity contribution in [3.05, 3.63) is 0 Å². The third-order valence-corrected chi connectivity index (χ3v) is 7.56. The third kappa shape index (κ3) is 16.8. The number of carbonyl (C=O) groups is 3. The van der Waals surface area contributed by atoms with E-state index in [9.17, 15) is 19.5 Å². The molecule has 0 radical (unpaired) electrons. The summed E-state index contributed by atoms with van der Waals surface area (Å²) < 4.78 is 11.0. The Morgan fingerprint density at radius 1 is 0.568 bits per heavy atom. The molecule has 1 saturated carbocycles. The standard InChI is InChI=1S/C31H56O6/c1-24(2)17-13-9-5-7-11-15-19-36-30(34)27-21-26(29(32)33)22-28(23-27)31(35)37-20-16-12-8-6-10-14-18-25(3)4/h24-28H,5-23H2,1-4H3,(H,32,33). The van der Waals surface area contributed by atoms with Gasteiger partial charge in [-0.15, -0.1) is 0 Å². The number of unbranched alkanes of at least 4 members (excludes halogenated alkanes) is 10. The zero-order chi connectivity index (χ0) is 27.5. The number of ether oxygens (including phenoxy) is 2. The predicted octanol–water partition coefficient (Wildman–Crippen LogP) is 7.96. The molecule has 1 fully saturated rings. The molecular formula is C31H56O6. The van der Waals surface area contributed by atoms with Crippen molar-refractivity contribution in [3.8, 4) is 0 Å². The summed E-state index contributed by atoms with van der Waals surface area (Å²) in [6.45, 7) is 9.74. The molecule has 1 N–H and O–H groups in total. The molecule has 0 aromatic carbocycles. The van der Waals surface area contributed by atoms with Crippen molar-refractivity contribution < 1.29 is 29.0 Å². The van der Waals surface area contributed by atoms with E-state index in [1.54, 1.807) is 0 Å². The van der Waals surface area contributed by atoms with Crippen LogP contribution < -0.4 is 0 Å². The van der Waals surface area contributed by atoms with Crippen LogP contribution in [0.1, 0.15) is 137 Å². The Kier molecular flexibility index (Phi) is 18.4. The number of carboxylic acid groups (broad SMARTS) is 1. The minimum atomic E-state index is -0.953. The molecule has 0 aliphatic heterocycles. The van der Waals surface area contributed by atoms with E-state index < -0.39 is 23.7 Å². The van der Waals surface area contributed by atoms with E-state index >= 15 is 0 Å². The highest BCUT2D eigenvalue weighted by Crippen LogP contribution is 2.35. The fourth-order valence-electron chi connectivity index (χ4n) is 5.21. The quantitative estimate of drug-likeness (QED) is 0.121. The smallest absolute Gasteiger partial charge is 0.308 e. The van der Waals surface area contributed by atoms with Crippen molar-refractivity contribution in [2.24, 2.45) is 29.6 Å². The van der Waals surface area contributed by atoms with Crippen molar-refractivity contribution in [2.45, 2.75) is 137 Å². The molecule has 0 spiro atoms. The van der Waals surface area contributed by atoms with Crippen molar-refractivity contribution in [1.29, 1.82) is 0 Å². The molecule has 0 bridgehead atoms. The van der Waals surface area contributed by atoms with Crippen LogP contribution in [0.15, 0.2) is 0 Å². The van der Waals surface area contributed by atoms with E-state index in [0.717, 1.165) is 50.4 Å². The van der Waals surface area contributed by atoms with Crippen LogP contribution >= 0.6 is 0 Å². The van der Waals surface area contributed by atoms with Crippen LogP contribution in [0, 0.1) is 29.6 Å². The number of hydrogen-bond donors (Lipinski definition) is 1. The number of esters is 2. The fraction of sp³-hybridized carbons (Fsp3) is 0.903. The van der Waals surface area contributed by atoms with Gasteiger partial charge in [-0.25, -0.2) is 0 Å². The largest absolute Gasteiger partial charge is 0.481 e. The molecule has 216 valence electrons. The van der Waals surface area contributed by atoms with Crippen molar-refractivity contribution in [3.63, 3.8) is 0 Å². The highest BCUT2D eigenvalue weighted by Gasteiger charge is 2.40. The Bertz CT molecular complexity index is 583. The van der Waals surface area contributed by atoms with E-state index in [4.69, 9.17) is 9.47 Å². The molecule has 0 amide bonds. The molecule has 2 atom stereocenters. The van der Waals surface area contributed by atoms with Gasteiger partial charge < -0.3 is 14.6 Å². The Balaban J connectivity index is 2.27. The Morgan fingerprint density at radius 3 is 1.24 bits per heavy atom. The van der Waals surface area contributed by atoms with Gasteiger partial charge in [-0.2, -0.15) is 0 Å². The Hall–Kier alpha value is -1.59. The molecule has 0 aromatic rings. The number of aliphatic carboxylic acids is 1. The Morgan fingerprint density at radius 2 is 0.892 bits per heavy atom. The van der Waals surface area contributed by atoms with Gasteiger partial charge in [0.2, 0.25) is 0 Å². The van der Waals surface area contributed by atoms with Gasteiger partial charge in [-0.3, -0.25) is 14.4 Å². The van der Waals surface area contributed by atoms with Gasteiger partial charge in [-0.05, 0) is 43.9 Å². The molecule has 37 heavy (non-hydrogen) atoms. The average Bonchev–Trinajstić information content (AvgIpc) is 2.85. The van der Waals surface area contributed by atoms with Gasteiger partial charge in [0.05, 0.1) is 31.0 Å². The van der Waals surface area contributed by atoms with E-state index in [2.05, 4.69) is 27.7 Å². The maximum absolute atomic E-state index is 12.6. The lowest BCUT2D eigenvalue weighted by molar-refractivity contribution is -0.159. The first-order valence-electron chi connectivity index (χ1n) is 15.3. The fourth-order valence-corrected chi connectivity index (χ4v) is 5.21. The van der Waals surface area contributed by atoms with E-state index in [1.807, 2.05) is 0 Å². The summed E-state index contributed by atoms with van der Waals surface area (Å²) in [5, 5.41) is 9.56. The van der Waals surface area contributed by atoms with Crippen LogP contribution in [0.3, 0.4) is 0 Å². The lowest BCUT2D eigenvalue weighted by Crippen LogP contribution is -2.36. The summed E-state index contributed by atoms with van der Waals surface area (Å²) >= 11 is 0. The zero-order valence-corrected chi connectivity index (χ0v) is 24.3. The van der Waals surface area contributed by atoms with Gasteiger partial charge >= 0.3 is 17.9 Å². The number of carboxylic acids is 1. The number of rotatable bonds is 21.